The van der Waals surface area contributed by atoms with E-state index < -0.39 is 0 Å². The summed E-state index contributed by atoms with van der Waals surface area (Å²) in [6.45, 7) is 20.2. The molecule has 0 radical (unpaired) electrons. The Morgan fingerprint density at radius 2 is 1.40 bits per heavy atom. The van der Waals surface area contributed by atoms with E-state index in [1.165, 1.54) is 20.3 Å². The van der Waals surface area contributed by atoms with E-state index in [2.05, 4.69) is 47.6 Å². The zero-order valence-corrected chi connectivity index (χ0v) is 27.8. The van der Waals surface area contributed by atoms with Crippen LogP contribution >= 0.6 is 0 Å². The molecule has 6 heteroatoms. The Bertz CT molecular complexity index is 1160. The highest BCUT2D eigenvalue weighted by molar-refractivity contribution is 5.66. The SMILES string of the molecule is CC(=O)OC[C@@]1(C)CC[C@]2(COC(C)=O)CC[C@]3(C)C(=CC[C@@H]4[C@@]5(C)CC[C@H](OC(C)=O)C(C)(C)[C@@H]5CC[C@]43C)[C@@H]2C1. The molecule has 0 N–H and O–H groups in total. The van der Waals surface area contributed by atoms with Crippen molar-refractivity contribution in [2.45, 2.75) is 133 Å². The molecule has 0 aromatic carbocycles. The molecule has 0 aromatic rings. The zero-order chi connectivity index (χ0) is 30.9. The van der Waals surface area contributed by atoms with Gasteiger partial charge in [-0.05, 0) is 98.2 Å². The van der Waals surface area contributed by atoms with Gasteiger partial charge in [0.2, 0.25) is 0 Å². The Kier molecular flexibility index (Phi) is 7.79. The monoisotopic (exact) mass is 584 g/mol. The molecule has 5 aliphatic rings. The Hall–Kier alpha value is -1.85. The Labute approximate surface area is 254 Å². The van der Waals surface area contributed by atoms with Gasteiger partial charge in [0, 0.05) is 37.0 Å². The number of hydrogen-bond acceptors (Lipinski definition) is 6. The van der Waals surface area contributed by atoms with Gasteiger partial charge in [-0.1, -0.05) is 53.2 Å². The minimum atomic E-state index is -0.218. The molecule has 4 saturated carbocycles. The summed E-state index contributed by atoms with van der Waals surface area (Å²) in [6.07, 6.45) is 13.1. The van der Waals surface area contributed by atoms with E-state index >= 15 is 0 Å². The van der Waals surface area contributed by atoms with Crippen molar-refractivity contribution < 1.29 is 28.6 Å². The average Bonchev–Trinajstić information content (AvgIpc) is 2.89. The molecule has 0 heterocycles. The van der Waals surface area contributed by atoms with Gasteiger partial charge in [0.25, 0.3) is 0 Å². The third-order valence-electron chi connectivity index (χ3n) is 14.1. The summed E-state index contributed by atoms with van der Waals surface area (Å²) < 4.78 is 17.3. The van der Waals surface area contributed by atoms with Crippen molar-refractivity contribution in [2.24, 2.45) is 50.2 Å². The number of rotatable bonds is 5. The fourth-order valence-corrected chi connectivity index (χ4v) is 11.6. The number of fused-ring (bicyclic) bond motifs is 7. The Morgan fingerprint density at radius 1 is 0.762 bits per heavy atom. The summed E-state index contributed by atoms with van der Waals surface area (Å²) >= 11 is 0. The summed E-state index contributed by atoms with van der Waals surface area (Å²) in [6, 6.07) is 0. The molecule has 236 valence electrons. The molecule has 0 aromatic heterocycles. The standard InChI is InChI=1S/C36H56O6/c1-23(37)40-21-32(6)16-18-36(22-41-24(2)38)19-17-34(8)26(27(36)20-32)10-11-29-33(7)14-13-30(42-25(3)39)31(4,5)28(33)12-15-35(29,34)9/h10,27-30H,11-22H2,1-9H3/t27-,28-,29+,30-,32-,33-,34+,35+,36+/m0/s1. The fraction of sp³-hybridized carbons (Fsp3) is 0.861. The third-order valence-corrected chi connectivity index (χ3v) is 14.1. The van der Waals surface area contributed by atoms with E-state index in [4.69, 9.17) is 14.2 Å². The number of hydrogen-bond donors (Lipinski definition) is 0. The highest BCUT2D eigenvalue weighted by atomic mass is 16.5. The lowest BCUT2D eigenvalue weighted by molar-refractivity contribution is -0.214. The molecule has 5 rings (SSSR count). The maximum Gasteiger partial charge on any atom is 0.302 e. The minimum absolute atomic E-state index is 0.0172. The van der Waals surface area contributed by atoms with Crippen molar-refractivity contribution in [1.82, 2.24) is 0 Å². The number of carbonyl (C=O) groups is 3. The van der Waals surface area contributed by atoms with Crippen LogP contribution in [0.4, 0.5) is 0 Å². The van der Waals surface area contributed by atoms with E-state index in [1.807, 2.05) is 0 Å². The predicted octanol–water partition coefficient (Wildman–Crippen LogP) is 7.83. The summed E-state index contributed by atoms with van der Waals surface area (Å²) in [5, 5.41) is 0. The Balaban J connectivity index is 1.52. The highest BCUT2D eigenvalue weighted by Gasteiger charge is 2.68. The summed E-state index contributed by atoms with van der Waals surface area (Å²) in [5.74, 6) is 0.796. The molecule has 0 spiro atoms. The molecule has 0 bridgehead atoms. The second-order valence-corrected chi connectivity index (χ2v) is 16.7. The molecule has 0 saturated heterocycles. The molecular weight excluding hydrogens is 528 g/mol. The van der Waals surface area contributed by atoms with Gasteiger partial charge in [0.15, 0.2) is 0 Å². The summed E-state index contributed by atoms with van der Waals surface area (Å²) in [5.41, 5.74) is 1.79. The third kappa shape index (κ3) is 4.76. The number of esters is 3. The summed E-state index contributed by atoms with van der Waals surface area (Å²) in [7, 11) is 0. The fourth-order valence-electron chi connectivity index (χ4n) is 11.6. The molecule has 6 nitrogen and oxygen atoms in total. The van der Waals surface area contributed by atoms with Gasteiger partial charge in [-0.25, -0.2) is 0 Å². The van der Waals surface area contributed by atoms with Gasteiger partial charge in [-0.15, -0.1) is 0 Å². The Morgan fingerprint density at radius 3 is 2.05 bits per heavy atom. The van der Waals surface area contributed by atoms with Crippen LogP contribution in [0.1, 0.15) is 127 Å². The molecule has 0 amide bonds. The molecule has 5 aliphatic carbocycles. The van der Waals surface area contributed by atoms with Crippen LogP contribution in [0.2, 0.25) is 0 Å². The van der Waals surface area contributed by atoms with Crippen LogP contribution < -0.4 is 0 Å². The second kappa shape index (κ2) is 10.4. The average molecular weight is 585 g/mol. The molecule has 9 atom stereocenters. The largest absolute Gasteiger partial charge is 0.465 e. The second-order valence-electron chi connectivity index (χ2n) is 16.7. The maximum absolute atomic E-state index is 12.0. The first-order valence-corrected chi connectivity index (χ1v) is 16.6. The van der Waals surface area contributed by atoms with Crippen molar-refractivity contribution in [2.75, 3.05) is 13.2 Å². The van der Waals surface area contributed by atoms with Gasteiger partial charge < -0.3 is 14.2 Å². The van der Waals surface area contributed by atoms with E-state index in [0.717, 1.165) is 57.8 Å². The van der Waals surface area contributed by atoms with Crippen LogP contribution in [0.5, 0.6) is 0 Å². The molecular formula is C36H56O6. The molecule has 0 unspecified atom stereocenters. The lowest BCUT2D eigenvalue weighted by atomic mass is 9.33. The molecule has 4 fully saturated rings. The van der Waals surface area contributed by atoms with Crippen molar-refractivity contribution in [3.05, 3.63) is 11.6 Å². The molecule has 42 heavy (non-hydrogen) atoms. The van der Waals surface area contributed by atoms with Gasteiger partial charge in [-0.3, -0.25) is 14.4 Å². The first-order chi connectivity index (χ1) is 19.4. The minimum Gasteiger partial charge on any atom is -0.465 e. The van der Waals surface area contributed by atoms with E-state index in [0.29, 0.717) is 31.0 Å². The normalized spacial score (nSPS) is 45.6. The lowest BCUT2D eigenvalue weighted by Crippen LogP contribution is -2.65. The quantitative estimate of drug-likeness (QED) is 0.186. The van der Waals surface area contributed by atoms with E-state index in [9.17, 15) is 14.4 Å². The van der Waals surface area contributed by atoms with Crippen molar-refractivity contribution in [3.63, 3.8) is 0 Å². The predicted molar refractivity (Wildman–Crippen MR) is 162 cm³/mol. The first kappa shape index (κ1) is 31.6. The van der Waals surface area contributed by atoms with Crippen LogP contribution in [-0.4, -0.2) is 37.2 Å². The van der Waals surface area contributed by atoms with E-state index in [-0.39, 0.29) is 56.5 Å². The van der Waals surface area contributed by atoms with Crippen LogP contribution in [0.15, 0.2) is 11.6 Å². The summed E-state index contributed by atoms with van der Waals surface area (Å²) in [4.78, 5) is 35.8. The van der Waals surface area contributed by atoms with Crippen LogP contribution in [0.25, 0.3) is 0 Å². The zero-order valence-electron chi connectivity index (χ0n) is 27.8. The molecule has 0 aliphatic heterocycles. The van der Waals surface area contributed by atoms with Crippen molar-refractivity contribution in [1.29, 1.82) is 0 Å². The lowest BCUT2D eigenvalue weighted by Gasteiger charge is -2.71. The van der Waals surface area contributed by atoms with Gasteiger partial charge in [0.1, 0.15) is 6.10 Å². The van der Waals surface area contributed by atoms with Crippen molar-refractivity contribution in [3.8, 4) is 0 Å². The number of carbonyl (C=O) groups excluding carboxylic acids is 3. The maximum atomic E-state index is 12.0. The van der Waals surface area contributed by atoms with Crippen LogP contribution in [-0.2, 0) is 28.6 Å². The van der Waals surface area contributed by atoms with Gasteiger partial charge in [0.05, 0.1) is 13.2 Å². The highest BCUT2D eigenvalue weighted by Crippen LogP contribution is 2.75. The van der Waals surface area contributed by atoms with Crippen molar-refractivity contribution >= 4 is 17.9 Å². The smallest absolute Gasteiger partial charge is 0.302 e. The topological polar surface area (TPSA) is 78.9 Å². The first-order valence-electron chi connectivity index (χ1n) is 16.6. The van der Waals surface area contributed by atoms with Gasteiger partial charge >= 0.3 is 17.9 Å². The number of allylic oxidation sites excluding steroid dienone is 2. The van der Waals surface area contributed by atoms with E-state index in [1.54, 1.807) is 12.5 Å². The van der Waals surface area contributed by atoms with Crippen LogP contribution in [0, 0.1) is 50.2 Å². The number of ether oxygens (including phenoxy) is 3. The van der Waals surface area contributed by atoms with Gasteiger partial charge in [-0.2, -0.15) is 0 Å². The van der Waals surface area contributed by atoms with Crippen LogP contribution in [0.3, 0.4) is 0 Å².